The van der Waals surface area contributed by atoms with Crippen LogP contribution in [0.25, 0.3) is 0 Å². The number of methoxy groups -OCH3 is 1. The first-order valence-electron chi connectivity index (χ1n) is 5.22. The average Bonchev–Trinajstić information content (AvgIpc) is 2.20. The van der Waals surface area contributed by atoms with Gasteiger partial charge in [0.05, 0.1) is 20.1 Å². The third kappa shape index (κ3) is 3.87. The fourth-order valence-electron chi connectivity index (χ4n) is 1.98. The number of nitrogens with zero attached hydrogens (tertiary/aromatic N) is 1. The van der Waals surface area contributed by atoms with Crippen LogP contribution in [0.5, 0.6) is 0 Å². The Morgan fingerprint density at radius 2 is 2.20 bits per heavy atom. The maximum atomic E-state index is 11.1. The lowest BCUT2D eigenvalue weighted by molar-refractivity contribution is -0.142. The number of ether oxygens (including phenoxy) is 1. The van der Waals surface area contributed by atoms with E-state index in [1.807, 2.05) is 4.90 Å². The van der Waals surface area contributed by atoms with Crippen LogP contribution in [0, 0.1) is 0 Å². The van der Waals surface area contributed by atoms with Crippen molar-refractivity contribution in [3.8, 4) is 0 Å². The Morgan fingerprint density at radius 3 is 2.80 bits per heavy atom. The first-order chi connectivity index (χ1) is 7.13. The van der Waals surface area contributed by atoms with Gasteiger partial charge in [0.1, 0.15) is 0 Å². The molecular formula is C10H18N2O3. The molecule has 1 amide bonds. The normalized spacial score (nSPS) is 22.3. The molecule has 1 fully saturated rings. The number of hydrogen-bond acceptors (Lipinski definition) is 4. The maximum Gasteiger partial charge on any atom is 0.307 e. The lowest BCUT2D eigenvalue weighted by Crippen LogP contribution is -2.45. The summed E-state index contributed by atoms with van der Waals surface area (Å²) in [6, 6.07) is 0.110. The molecule has 0 aromatic heterocycles. The monoisotopic (exact) mass is 214 g/mol. The predicted molar refractivity (Wildman–Crippen MR) is 55.0 cm³/mol. The Kier molecular flexibility index (Phi) is 4.55. The number of carbonyl (C=O) groups is 2. The Morgan fingerprint density at radius 1 is 1.47 bits per heavy atom. The molecule has 15 heavy (non-hydrogen) atoms. The van der Waals surface area contributed by atoms with Crippen LogP contribution < -0.4 is 5.73 Å². The Labute approximate surface area is 89.6 Å². The summed E-state index contributed by atoms with van der Waals surface area (Å²) in [5.74, 6) is -0.567. The number of amides is 1. The van der Waals surface area contributed by atoms with Crippen LogP contribution >= 0.6 is 0 Å². The predicted octanol–water partition coefficient (Wildman–Crippen LogP) is -0.111. The van der Waals surface area contributed by atoms with Crippen molar-refractivity contribution < 1.29 is 14.3 Å². The van der Waals surface area contributed by atoms with Crippen molar-refractivity contribution in [2.24, 2.45) is 5.73 Å². The zero-order valence-corrected chi connectivity index (χ0v) is 9.07. The molecule has 5 heteroatoms. The van der Waals surface area contributed by atoms with Gasteiger partial charge in [-0.3, -0.25) is 14.5 Å². The molecule has 1 aliphatic heterocycles. The first-order valence-corrected chi connectivity index (χ1v) is 5.22. The van der Waals surface area contributed by atoms with Crippen molar-refractivity contribution in [2.75, 3.05) is 20.2 Å². The summed E-state index contributed by atoms with van der Waals surface area (Å²) in [4.78, 5) is 24.0. The standard InChI is InChI=1S/C10H18N2O3/c1-15-10(14)6-8-4-2-3-5-12(8)7-9(11)13/h8H,2-7H2,1H3,(H2,11,13)/t8-/m1/s1. The SMILES string of the molecule is COC(=O)C[C@H]1CCCCN1CC(N)=O. The highest BCUT2D eigenvalue weighted by atomic mass is 16.5. The first kappa shape index (κ1) is 12.0. The van der Waals surface area contributed by atoms with E-state index in [4.69, 9.17) is 5.73 Å². The lowest BCUT2D eigenvalue weighted by atomic mass is 9.99. The highest BCUT2D eigenvalue weighted by molar-refractivity contribution is 5.76. The number of hydrogen-bond donors (Lipinski definition) is 1. The molecule has 0 bridgehead atoms. The molecule has 0 aromatic carbocycles. The van der Waals surface area contributed by atoms with Crippen molar-refractivity contribution in [1.29, 1.82) is 0 Å². The second-order valence-corrected chi connectivity index (χ2v) is 3.87. The van der Waals surface area contributed by atoms with E-state index in [-0.39, 0.29) is 24.5 Å². The minimum atomic E-state index is -0.341. The van der Waals surface area contributed by atoms with E-state index in [0.29, 0.717) is 6.42 Å². The van der Waals surface area contributed by atoms with Gasteiger partial charge in [0.25, 0.3) is 0 Å². The molecule has 1 rings (SSSR count). The summed E-state index contributed by atoms with van der Waals surface area (Å²) < 4.78 is 4.62. The van der Waals surface area contributed by atoms with E-state index in [2.05, 4.69) is 4.74 Å². The van der Waals surface area contributed by atoms with Gasteiger partial charge in [-0.05, 0) is 19.4 Å². The van der Waals surface area contributed by atoms with E-state index < -0.39 is 0 Å². The molecule has 1 heterocycles. The average molecular weight is 214 g/mol. The van der Waals surface area contributed by atoms with Crippen molar-refractivity contribution in [2.45, 2.75) is 31.7 Å². The zero-order valence-electron chi connectivity index (χ0n) is 9.07. The van der Waals surface area contributed by atoms with Crippen LogP contribution in [0.15, 0.2) is 0 Å². The van der Waals surface area contributed by atoms with Gasteiger partial charge >= 0.3 is 5.97 Å². The van der Waals surface area contributed by atoms with Gasteiger partial charge in [-0.25, -0.2) is 0 Å². The van der Waals surface area contributed by atoms with Crippen LogP contribution in [0.1, 0.15) is 25.7 Å². The van der Waals surface area contributed by atoms with Crippen LogP contribution in [-0.4, -0.2) is 43.0 Å². The molecule has 5 nitrogen and oxygen atoms in total. The van der Waals surface area contributed by atoms with E-state index in [9.17, 15) is 9.59 Å². The van der Waals surface area contributed by atoms with Gasteiger partial charge in [0.2, 0.25) is 5.91 Å². The number of carbonyl (C=O) groups excluding carboxylic acids is 2. The second kappa shape index (κ2) is 5.70. The van der Waals surface area contributed by atoms with Crippen LogP contribution in [0.4, 0.5) is 0 Å². The minimum Gasteiger partial charge on any atom is -0.469 e. The molecule has 1 saturated heterocycles. The molecule has 0 spiro atoms. The zero-order chi connectivity index (χ0) is 11.3. The number of rotatable bonds is 4. The molecular weight excluding hydrogens is 196 g/mol. The maximum absolute atomic E-state index is 11.1. The van der Waals surface area contributed by atoms with Crippen molar-refractivity contribution in [1.82, 2.24) is 4.90 Å². The van der Waals surface area contributed by atoms with E-state index >= 15 is 0 Å². The van der Waals surface area contributed by atoms with Crippen LogP contribution in [0.3, 0.4) is 0 Å². The van der Waals surface area contributed by atoms with Crippen LogP contribution in [0.2, 0.25) is 0 Å². The molecule has 86 valence electrons. The van der Waals surface area contributed by atoms with Gasteiger partial charge in [-0.15, -0.1) is 0 Å². The summed E-state index contributed by atoms with van der Waals surface area (Å²) in [7, 11) is 1.38. The molecule has 0 saturated carbocycles. The van der Waals surface area contributed by atoms with Crippen molar-refractivity contribution >= 4 is 11.9 Å². The summed E-state index contributed by atoms with van der Waals surface area (Å²) in [6.45, 7) is 1.08. The number of esters is 1. The van der Waals surface area contributed by atoms with Gasteiger partial charge in [0.15, 0.2) is 0 Å². The molecule has 2 N–H and O–H groups in total. The summed E-state index contributed by atoms with van der Waals surface area (Å²) >= 11 is 0. The fraction of sp³-hybridized carbons (Fsp3) is 0.800. The third-order valence-electron chi connectivity index (χ3n) is 2.74. The number of piperidine rings is 1. The van der Waals surface area contributed by atoms with E-state index in [1.54, 1.807) is 0 Å². The topological polar surface area (TPSA) is 72.6 Å². The van der Waals surface area contributed by atoms with Gasteiger partial charge in [-0.2, -0.15) is 0 Å². The van der Waals surface area contributed by atoms with Crippen molar-refractivity contribution in [3.63, 3.8) is 0 Å². The largest absolute Gasteiger partial charge is 0.469 e. The number of nitrogens with two attached hydrogens (primary N) is 1. The Balaban J connectivity index is 2.49. The van der Waals surface area contributed by atoms with E-state index in [0.717, 1.165) is 25.8 Å². The smallest absolute Gasteiger partial charge is 0.307 e. The highest BCUT2D eigenvalue weighted by Crippen LogP contribution is 2.19. The molecule has 1 aliphatic rings. The number of likely N-dealkylation sites (tertiary alicyclic amines) is 1. The lowest BCUT2D eigenvalue weighted by Gasteiger charge is -2.34. The van der Waals surface area contributed by atoms with Gasteiger partial charge in [0, 0.05) is 6.04 Å². The molecule has 0 unspecified atom stereocenters. The minimum absolute atomic E-state index is 0.110. The fourth-order valence-corrected chi connectivity index (χ4v) is 1.98. The van der Waals surface area contributed by atoms with Crippen molar-refractivity contribution in [3.05, 3.63) is 0 Å². The molecule has 0 aromatic rings. The Bertz CT molecular complexity index is 243. The van der Waals surface area contributed by atoms with Gasteiger partial charge < -0.3 is 10.5 Å². The van der Waals surface area contributed by atoms with Crippen LogP contribution in [-0.2, 0) is 14.3 Å². The molecule has 0 aliphatic carbocycles. The summed E-state index contributed by atoms with van der Waals surface area (Å²) in [6.07, 6.45) is 3.44. The quantitative estimate of drug-likeness (QED) is 0.663. The highest BCUT2D eigenvalue weighted by Gasteiger charge is 2.25. The second-order valence-electron chi connectivity index (χ2n) is 3.87. The third-order valence-corrected chi connectivity index (χ3v) is 2.74. The Hall–Kier alpha value is -1.10. The summed E-state index contributed by atoms with van der Waals surface area (Å²) in [5, 5.41) is 0. The molecule has 1 atom stereocenters. The van der Waals surface area contributed by atoms with Gasteiger partial charge in [-0.1, -0.05) is 6.42 Å². The number of primary amides is 1. The molecule has 0 radical (unpaired) electrons. The van der Waals surface area contributed by atoms with E-state index in [1.165, 1.54) is 7.11 Å². The summed E-state index contributed by atoms with van der Waals surface area (Å²) in [5.41, 5.74) is 5.15.